The zero-order valence-corrected chi connectivity index (χ0v) is 11.7. The molecule has 0 saturated carbocycles. The van der Waals surface area contributed by atoms with Gasteiger partial charge in [0, 0.05) is 0 Å². The monoisotopic (exact) mass is 330 g/mol. The minimum atomic E-state index is -0.726. The second-order valence-electron chi connectivity index (χ2n) is 3.23. The van der Waals surface area contributed by atoms with E-state index in [1.807, 2.05) is 19.1 Å². The fraction of sp³-hybridized carbons (Fsp3) is 0.400. The quantitative estimate of drug-likeness (QED) is 0.550. The minimum absolute atomic E-state index is 0.726. The van der Waals surface area contributed by atoms with Crippen LogP contribution in [0.5, 0.6) is 0 Å². The van der Waals surface area contributed by atoms with Crippen LogP contribution in [0.1, 0.15) is 11.1 Å². The van der Waals surface area contributed by atoms with E-state index < -0.39 is 19.8 Å². The molecule has 1 aromatic rings. The van der Waals surface area contributed by atoms with Crippen LogP contribution < -0.4 is 0 Å². The molecule has 0 heterocycles. The number of hydrogen-bond donors (Lipinski definition) is 0. The molecule has 0 N–H and O–H groups in total. The Morgan fingerprint density at radius 2 is 1.62 bits per heavy atom. The van der Waals surface area contributed by atoms with E-state index in [1.54, 1.807) is 0 Å². The molecular weight excluding hydrogens is 318 g/mol. The molecule has 0 fully saturated rings. The maximum absolute atomic E-state index is 6.04. The normalized spacial score (nSPS) is 11.6. The molecule has 0 spiro atoms. The van der Waals surface area contributed by atoms with Crippen LogP contribution in [-0.4, -0.2) is 9.86 Å². The van der Waals surface area contributed by atoms with Crippen molar-refractivity contribution in [3.8, 4) is 0 Å². The predicted molar refractivity (Wildman–Crippen MR) is 70.8 cm³/mol. The van der Waals surface area contributed by atoms with Crippen LogP contribution >= 0.6 is 43.0 Å². The van der Waals surface area contributed by atoms with E-state index in [4.69, 9.17) is 23.2 Å². The molecule has 74 valence electrons. The number of rotatable bonds is 2. The Morgan fingerprint density at radius 1 is 1.15 bits per heavy atom. The average molecular weight is 331 g/mol. The van der Waals surface area contributed by atoms with Crippen LogP contribution in [0.3, 0.4) is 0 Å². The van der Waals surface area contributed by atoms with Crippen molar-refractivity contribution in [2.75, 3.05) is 9.86 Å². The van der Waals surface area contributed by atoms with Crippen molar-refractivity contribution in [2.24, 2.45) is 0 Å². The molecule has 0 aliphatic carbocycles. The summed E-state index contributed by atoms with van der Waals surface area (Å²) in [7, 11) is 0. The summed E-state index contributed by atoms with van der Waals surface area (Å²) in [5, 5.41) is 1.58. The molecule has 0 aromatic heterocycles. The van der Waals surface area contributed by atoms with Crippen LogP contribution in [0.4, 0.5) is 0 Å². The summed E-state index contributed by atoms with van der Waals surface area (Å²) in [6.45, 7) is 1.95. The Labute approximate surface area is 97.0 Å². The molecule has 0 aliphatic heterocycles. The van der Waals surface area contributed by atoms with Gasteiger partial charge in [-0.3, -0.25) is 0 Å². The van der Waals surface area contributed by atoms with Gasteiger partial charge in [-0.25, -0.2) is 0 Å². The Morgan fingerprint density at radius 3 is 2.00 bits per heavy atom. The average Bonchev–Trinajstić information content (AvgIpc) is 1.98. The van der Waals surface area contributed by atoms with Gasteiger partial charge in [0.1, 0.15) is 0 Å². The first-order chi connectivity index (χ1) is 6.00. The number of hydrogen-bond acceptors (Lipinski definition) is 0. The van der Waals surface area contributed by atoms with Crippen molar-refractivity contribution < 1.29 is 0 Å². The zero-order chi connectivity index (χ0) is 10.0. The van der Waals surface area contributed by atoms with E-state index in [2.05, 4.69) is 9.86 Å². The van der Waals surface area contributed by atoms with Crippen molar-refractivity contribution in [3.05, 3.63) is 33.3 Å². The summed E-state index contributed by atoms with van der Waals surface area (Å²) < 4.78 is 1.18. The molecular formula is C10H13Cl2I. The standard InChI is InChI=1S/C10H13Cl2I/c1-7-9(11)4-8(5-10(7)12)6-13(2)3/h4-5H,6H2,1-3H3. The summed E-state index contributed by atoms with van der Waals surface area (Å²) in [5.74, 6) is 0. The molecule has 0 unspecified atom stereocenters. The van der Waals surface area contributed by atoms with Crippen LogP contribution in [0.2, 0.25) is 10.0 Å². The molecule has 0 atom stereocenters. The molecule has 0 bridgehead atoms. The van der Waals surface area contributed by atoms with Gasteiger partial charge in [-0.2, -0.15) is 0 Å². The van der Waals surface area contributed by atoms with E-state index in [0.29, 0.717) is 0 Å². The van der Waals surface area contributed by atoms with Crippen LogP contribution in [0.25, 0.3) is 0 Å². The zero-order valence-electron chi connectivity index (χ0n) is 8.00. The van der Waals surface area contributed by atoms with Crippen LogP contribution in [-0.2, 0) is 4.43 Å². The topological polar surface area (TPSA) is 0 Å². The Bertz CT molecular complexity index is 285. The van der Waals surface area contributed by atoms with Crippen molar-refractivity contribution in [1.29, 1.82) is 0 Å². The molecule has 1 aromatic carbocycles. The first kappa shape index (κ1) is 11.6. The van der Waals surface area contributed by atoms with Crippen molar-refractivity contribution >= 4 is 43.0 Å². The van der Waals surface area contributed by atoms with Gasteiger partial charge in [0.25, 0.3) is 0 Å². The van der Waals surface area contributed by atoms with Crippen LogP contribution in [0, 0.1) is 6.92 Å². The van der Waals surface area contributed by atoms with Gasteiger partial charge in [-0.15, -0.1) is 0 Å². The fourth-order valence-electron chi connectivity index (χ4n) is 1.08. The summed E-state index contributed by atoms with van der Waals surface area (Å²) >= 11 is 11.3. The third-order valence-electron chi connectivity index (χ3n) is 1.76. The summed E-state index contributed by atoms with van der Waals surface area (Å²) in [6, 6.07) is 4.08. The van der Waals surface area contributed by atoms with Gasteiger partial charge in [-0.1, -0.05) is 0 Å². The Balaban J connectivity index is 2.99. The first-order valence-corrected chi connectivity index (χ1v) is 10.5. The third kappa shape index (κ3) is 3.30. The Hall–Kier alpha value is 0.530. The van der Waals surface area contributed by atoms with E-state index in [0.717, 1.165) is 15.6 Å². The van der Waals surface area contributed by atoms with Gasteiger partial charge in [0.15, 0.2) is 0 Å². The van der Waals surface area contributed by atoms with Crippen molar-refractivity contribution in [2.45, 2.75) is 11.4 Å². The molecule has 0 aliphatic rings. The molecule has 0 saturated heterocycles. The number of alkyl halides is 3. The predicted octanol–water partition coefficient (Wildman–Crippen LogP) is 4.57. The third-order valence-corrected chi connectivity index (χ3v) is 4.95. The van der Waals surface area contributed by atoms with Crippen molar-refractivity contribution in [3.63, 3.8) is 0 Å². The van der Waals surface area contributed by atoms with Crippen molar-refractivity contribution in [1.82, 2.24) is 0 Å². The van der Waals surface area contributed by atoms with Crippen LogP contribution in [0.15, 0.2) is 12.1 Å². The number of halogens is 3. The summed E-state index contributed by atoms with van der Waals surface area (Å²) in [5.41, 5.74) is 2.27. The molecule has 1 rings (SSSR count). The molecule has 3 heteroatoms. The fourth-order valence-corrected chi connectivity index (χ4v) is 3.82. The first-order valence-electron chi connectivity index (χ1n) is 3.91. The molecule has 13 heavy (non-hydrogen) atoms. The van der Waals surface area contributed by atoms with Gasteiger partial charge in [-0.05, 0) is 0 Å². The Kier molecular flexibility index (Phi) is 4.33. The SMILES string of the molecule is Cc1c(Cl)cc(CI(C)C)cc1Cl. The van der Waals surface area contributed by atoms with Gasteiger partial charge >= 0.3 is 97.5 Å². The second-order valence-corrected chi connectivity index (χ2v) is 10.0. The maximum atomic E-state index is 6.04. The van der Waals surface area contributed by atoms with Gasteiger partial charge < -0.3 is 0 Å². The van der Waals surface area contributed by atoms with Gasteiger partial charge in [0.05, 0.1) is 0 Å². The second kappa shape index (κ2) is 4.85. The molecule has 0 radical (unpaired) electrons. The van der Waals surface area contributed by atoms with E-state index in [-0.39, 0.29) is 0 Å². The molecule has 0 nitrogen and oxygen atoms in total. The number of benzene rings is 1. The van der Waals surface area contributed by atoms with Gasteiger partial charge in [0.2, 0.25) is 0 Å². The summed E-state index contributed by atoms with van der Waals surface area (Å²) in [6.07, 6.45) is 0. The summed E-state index contributed by atoms with van der Waals surface area (Å²) in [4.78, 5) is 4.68. The van der Waals surface area contributed by atoms with E-state index in [9.17, 15) is 0 Å². The molecule has 0 amide bonds. The van der Waals surface area contributed by atoms with E-state index >= 15 is 0 Å². The van der Waals surface area contributed by atoms with E-state index in [1.165, 1.54) is 9.99 Å².